The number of carbonyl (C=O) groups is 1. The number of furan rings is 1. The van der Waals surface area contributed by atoms with Crippen LogP contribution >= 0.6 is 15.9 Å². The Bertz CT molecular complexity index is 766. The van der Waals surface area contributed by atoms with E-state index in [1.54, 1.807) is 6.92 Å². The van der Waals surface area contributed by atoms with Crippen molar-refractivity contribution in [3.63, 3.8) is 0 Å². The number of hydrogen-bond donors (Lipinski definition) is 2. The normalized spacial score (nSPS) is 15.8. The maximum Gasteiger partial charge on any atom is 0.342 e. The number of fused-ring (bicyclic) bond motifs is 1. The molecule has 24 heavy (non-hydrogen) atoms. The molecule has 0 saturated carbocycles. The van der Waals surface area contributed by atoms with Gasteiger partial charge >= 0.3 is 5.97 Å². The third kappa shape index (κ3) is 3.09. The van der Waals surface area contributed by atoms with Gasteiger partial charge in [-0.2, -0.15) is 0 Å². The zero-order valence-electron chi connectivity index (χ0n) is 13.2. The third-order valence-corrected chi connectivity index (χ3v) is 4.51. The van der Waals surface area contributed by atoms with Crippen molar-refractivity contribution in [1.82, 2.24) is 4.90 Å². The van der Waals surface area contributed by atoms with Crippen molar-refractivity contribution in [2.24, 2.45) is 0 Å². The molecule has 1 aromatic carbocycles. The Kier molecular flexibility index (Phi) is 4.98. The molecular weight excluding hydrogens is 382 g/mol. The van der Waals surface area contributed by atoms with E-state index in [4.69, 9.17) is 13.9 Å². The lowest BCUT2D eigenvalue weighted by atomic mass is 10.1. The van der Waals surface area contributed by atoms with Crippen LogP contribution in [0.3, 0.4) is 0 Å². The fraction of sp³-hybridized carbons (Fsp3) is 0.438. The highest BCUT2D eigenvalue weighted by atomic mass is 79.9. The highest BCUT2D eigenvalue weighted by Gasteiger charge is 2.28. The zero-order valence-corrected chi connectivity index (χ0v) is 14.8. The summed E-state index contributed by atoms with van der Waals surface area (Å²) >= 11 is 3.15. The van der Waals surface area contributed by atoms with E-state index >= 15 is 0 Å². The first-order valence-corrected chi connectivity index (χ1v) is 8.45. The third-order valence-electron chi connectivity index (χ3n) is 3.90. The molecule has 0 unspecified atom stereocenters. The Morgan fingerprint density at radius 3 is 2.71 bits per heavy atom. The van der Waals surface area contributed by atoms with Crippen LogP contribution in [-0.4, -0.2) is 54.0 Å². The van der Waals surface area contributed by atoms with E-state index in [1.807, 2.05) is 0 Å². The lowest BCUT2D eigenvalue weighted by Crippen LogP contribution is -2.35. The molecule has 0 atom stereocenters. The standard InChI is InChI=1S/C16H18BrNO6/c1-2-23-16(21)13-11(8-18-3-5-22-6-4-18)24-10-7-9(17)14(19)15(20)12(10)13/h7,19-20H,2-6,8H2,1H3. The molecule has 1 aromatic heterocycles. The minimum absolute atomic E-state index is 0.152. The molecule has 2 aromatic rings. The van der Waals surface area contributed by atoms with Gasteiger partial charge in [-0.25, -0.2) is 4.79 Å². The van der Waals surface area contributed by atoms with Crippen LogP contribution in [0.2, 0.25) is 0 Å². The molecule has 2 N–H and O–H groups in total. The van der Waals surface area contributed by atoms with Crippen LogP contribution in [0.25, 0.3) is 11.0 Å². The van der Waals surface area contributed by atoms with Crippen LogP contribution in [0.15, 0.2) is 15.0 Å². The Hall–Kier alpha value is -1.77. The summed E-state index contributed by atoms with van der Waals surface area (Å²) in [4.78, 5) is 14.5. The predicted octanol–water partition coefficient (Wildman–Crippen LogP) is 2.62. The van der Waals surface area contributed by atoms with Crippen LogP contribution in [0.1, 0.15) is 23.0 Å². The molecule has 2 heterocycles. The van der Waals surface area contributed by atoms with Crippen molar-refractivity contribution in [3.8, 4) is 11.5 Å². The number of phenolic OH excluding ortho intramolecular Hbond substituents is 2. The molecule has 3 rings (SSSR count). The number of carbonyl (C=O) groups excluding carboxylic acids is 1. The number of ether oxygens (including phenoxy) is 2. The molecule has 8 heteroatoms. The second-order valence-corrected chi connectivity index (χ2v) is 6.29. The van der Waals surface area contributed by atoms with E-state index in [2.05, 4.69) is 20.8 Å². The van der Waals surface area contributed by atoms with Crippen molar-refractivity contribution in [2.45, 2.75) is 13.5 Å². The Labute approximate surface area is 146 Å². The second kappa shape index (κ2) is 7.00. The van der Waals surface area contributed by atoms with Crippen molar-refractivity contribution in [2.75, 3.05) is 32.9 Å². The minimum Gasteiger partial charge on any atom is -0.504 e. The maximum absolute atomic E-state index is 12.4. The summed E-state index contributed by atoms with van der Waals surface area (Å²) < 4.78 is 16.5. The van der Waals surface area contributed by atoms with Crippen molar-refractivity contribution in [3.05, 3.63) is 21.9 Å². The Morgan fingerprint density at radius 2 is 2.04 bits per heavy atom. The number of halogens is 1. The highest BCUT2D eigenvalue weighted by molar-refractivity contribution is 9.10. The molecular formula is C16H18BrNO6. The largest absolute Gasteiger partial charge is 0.504 e. The predicted molar refractivity (Wildman–Crippen MR) is 89.3 cm³/mol. The summed E-state index contributed by atoms with van der Waals surface area (Å²) in [6.45, 7) is 4.98. The van der Waals surface area contributed by atoms with E-state index in [1.165, 1.54) is 6.07 Å². The molecule has 1 fully saturated rings. The number of phenols is 2. The summed E-state index contributed by atoms with van der Waals surface area (Å²) in [5, 5.41) is 20.4. The second-order valence-electron chi connectivity index (χ2n) is 5.44. The molecule has 1 aliphatic rings. The first-order valence-electron chi connectivity index (χ1n) is 7.66. The van der Waals surface area contributed by atoms with Gasteiger partial charge < -0.3 is 24.1 Å². The van der Waals surface area contributed by atoms with Gasteiger partial charge in [0.05, 0.1) is 36.2 Å². The fourth-order valence-electron chi connectivity index (χ4n) is 2.74. The molecule has 0 amide bonds. The van der Waals surface area contributed by atoms with Crippen LogP contribution in [0, 0.1) is 0 Å². The Morgan fingerprint density at radius 1 is 1.33 bits per heavy atom. The summed E-state index contributed by atoms with van der Waals surface area (Å²) in [5.74, 6) is -0.930. The maximum atomic E-state index is 12.4. The topological polar surface area (TPSA) is 92.4 Å². The van der Waals surface area contributed by atoms with Crippen LogP contribution in [0.4, 0.5) is 0 Å². The molecule has 0 spiro atoms. The number of aromatic hydroxyl groups is 2. The molecule has 1 saturated heterocycles. The highest BCUT2D eigenvalue weighted by Crippen LogP contribution is 2.44. The van der Waals surface area contributed by atoms with Gasteiger partial charge in [-0.05, 0) is 28.9 Å². The minimum atomic E-state index is -0.587. The van der Waals surface area contributed by atoms with Gasteiger partial charge in [0.15, 0.2) is 11.5 Å². The van der Waals surface area contributed by atoms with Crippen LogP contribution in [0.5, 0.6) is 11.5 Å². The van der Waals surface area contributed by atoms with Gasteiger partial charge in [0.1, 0.15) is 16.9 Å². The average Bonchev–Trinajstić information content (AvgIpc) is 2.92. The molecule has 7 nitrogen and oxygen atoms in total. The number of nitrogens with zero attached hydrogens (tertiary/aromatic N) is 1. The van der Waals surface area contributed by atoms with Crippen molar-refractivity contribution in [1.29, 1.82) is 0 Å². The number of rotatable bonds is 4. The van der Waals surface area contributed by atoms with Gasteiger partial charge in [-0.3, -0.25) is 4.90 Å². The van der Waals surface area contributed by atoms with E-state index in [0.717, 1.165) is 13.1 Å². The summed E-state index contributed by atoms with van der Waals surface area (Å²) in [7, 11) is 0. The van der Waals surface area contributed by atoms with E-state index in [-0.39, 0.29) is 27.8 Å². The molecule has 0 radical (unpaired) electrons. The zero-order chi connectivity index (χ0) is 17.3. The van der Waals surface area contributed by atoms with Gasteiger partial charge in [0.25, 0.3) is 0 Å². The first-order chi connectivity index (χ1) is 11.5. The molecule has 1 aliphatic heterocycles. The van der Waals surface area contributed by atoms with Gasteiger partial charge in [0, 0.05) is 13.1 Å². The monoisotopic (exact) mass is 399 g/mol. The van der Waals surface area contributed by atoms with E-state index < -0.39 is 11.7 Å². The van der Waals surface area contributed by atoms with Crippen molar-refractivity contribution >= 4 is 32.9 Å². The smallest absolute Gasteiger partial charge is 0.342 e. The summed E-state index contributed by atoms with van der Waals surface area (Å²) in [6, 6.07) is 1.52. The number of benzene rings is 1. The van der Waals surface area contributed by atoms with Gasteiger partial charge in [0.2, 0.25) is 0 Å². The van der Waals surface area contributed by atoms with Gasteiger partial charge in [-0.1, -0.05) is 0 Å². The van der Waals surface area contributed by atoms with Crippen molar-refractivity contribution < 1.29 is 28.9 Å². The molecule has 0 bridgehead atoms. The Balaban J connectivity index is 2.10. The number of morpholine rings is 1. The van der Waals surface area contributed by atoms with E-state index in [9.17, 15) is 15.0 Å². The van der Waals surface area contributed by atoms with E-state index in [0.29, 0.717) is 31.1 Å². The lowest BCUT2D eigenvalue weighted by molar-refractivity contribution is 0.0309. The van der Waals surface area contributed by atoms with Crippen LogP contribution in [-0.2, 0) is 16.0 Å². The molecule has 0 aliphatic carbocycles. The number of hydrogen-bond acceptors (Lipinski definition) is 7. The summed E-state index contributed by atoms with van der Waals surface area (Å²) in [5.41, 5.74) is 0.460. The fourth-order valence-corrected chi connectivity index (χ4v) is 3.14. The average molecular weight is 400 g/mol. The van der Waals surface area contributed by atoms with Crippen LogP contribution < -0.4 is 0 Å². The van der Waals surface area contributed by atoms with Gasteiger partial charge in [-0.15, -0.1) is 0 Å². The summed E-state index contributed by atoms with van der Waals surface area (Å²) in [6.07, 6.45) is 0. The first kappa shape index (κ1) is 17.1. The lowest BCUT2D eigenvalue weighted by Gasteiger charge is -2.25. The molecule has 130 valence electrons. The number of esters is 1. The SMILES string of the molecule is CCOC(=O)c1c(CN2CCOCC2)oc2cc(Br)c(O)c(O)c12. The quantitative estimate of drug-likeness (QED) is 0.602.